The van der Waals surface area contributed by atoms with Crippen LogP contribution < -0.4 is 5.32 Å². The van der Waals surface area contributed by atoms with Crippen molar-refractivity contribution in [3.63, 3.8) is 0 Å². The maximum atomic E-state index is 12.7. The van der Waals surface area contributed by atoms with E-state index in [1.807, 2.05) is 0 Å². The highest BCUT2D eigenvalue weighted by Crippen LogP contribution is 2.34. The summed E-state index contributed by atoms with van der Waals surface area (Å²) in [5.74, 6) is -1.46. The van der Waals surface area contributed by atoms with Crippen molar-refractivity contribution in [1.29, 1.82) is 0 Å². The number of nitrogens with one attached hydrogen (secondary N) is 1. The Balaban J connectivity index is 2.17. The monoisotopic (exact) mass is 431 g/mol. The van der Waals surface area contributed by atoms with Crippen molar-refractivity contribution in [1.82, 2.24) is 9.78 Å². The van der Waals surface area contributed by atoms with Gasteiger partial charge in [-0.3, -0.25) is 14.3 Å². The minimum absolute atomic E-state index is 0.0770. The smallest absolute Gasteiger partial charge is 0.435 e. The van der Waals surface area contributed by atoms with Crippen LogP contribution in [0, 0.1) is 13.8 Å². The third-order valence-corrected chi connectivity index (χ3v) is 5.33. The number of halogens is 3. The molecule has 0 unspecified atom stereocenters. The van der Waals surface area contributed by atoms with Gasteiger partial charge in [-0.2, -0.15) is 18.3 Å². The SMILES string of the molecule is CCOC(=O)c1c(NC(=O)CCn2nc(C(F)(F)F)cc2C)sc(C(C)=O)c1C. The van der Waals surface area contributed by atoms with E-state index in [2.05, 4.69) is 10.4 Å². The number of carbonyl (C=O) groups is 3. The van der Waals surface area contributed by atoms with E-state index in [4.69, 9.17) is 4.74 Å². The molecule has 0 aromatic carbocycles. The fourth-order valence-corrected chi connectivity index (χ4v) is 3.76. The lowest BCUT2D eigenvalue weighted by molar-refractivity contribution is -0.141. The second-order valence-electron chi connectivity index (χ2n) is 6.23. The first-order valence-electron chi connectivity index (χ1n) is 8.68. The van der Waals surface area contributed by atoms with Gasteiger partial charge in [-0.05, 0) is 39.3 Å². The molecule has 1 N–H and O–H groups in total. The van der Waals surface area contributed by atoms with Crippen LogP contribution in [-0.2, 0) is 22.3 Å². The highest BCUT2D eigenvalue weighted by molar-refractivity contribution is 7.18. The fraction of sp³-hybridized carbons (Fsp3) is 0.444. The number of alkyl halides is 3. The van der Waals surface area contributed by atoms with Crippen LogP contribution in [0.15, 0.2) is 6.07 Å². The summed E-state index contributed by atoms with van der Waals surface area (Å²) in [7, 11) is 0. The van der Waals surface area contributed by atoms with E-state index in [9.17, 15) is 27.6 Å². The molecular formula is C18H20F3N3O4S. The lowest BCUT2D eigenvalue weighted by Crippen LogP contribution is -2.17. The number of carbonyl (C=O) groups excluding carboxylic acids is 3. The van der Waals surface area contributed by atoms with Crippen molar-refractivity contribution in [3.05, 3.63) is 33.5 Å². The van der Waals surface area contributed by atoms with E-state index < -0.39 is 23.7 Å². The molecule has 11 heteroatoms. The quantitative estimate of drug-likeness (QED) is 0.529. The molecule has 2 heterocycles. The second kappa shape index (κ2) is 8.76. The Morgan fingerprint density at radius 1 is 1.28 bits per heavy atom. The normalized spacial score (nSPS) is 11.4. The van der Waals surface area contributed by atoms with Crippen LogP contribution in [0.5, 0.6) is 0 Å². The molecule has 0 aliphatic rings. The Labute approximate surface area is 168 Å². The van der Waals surface area contributed by atoms with Gasteiger partial charge in [0.2, 0.25) is 5.91 Å². The molecule has 0 radical (unpaired) electrons. The van der Waals surface area contributed by atoms with Crippen LogP contribution in [0.1, 0.15) is 57.2 Å². The van der Waals surface area contributed by atoms with Crippen LogP contribution in [0.4, 0.5) is 18.2 Å². The Bertz CT molecular complexity index is 947. The third kappa shape index (κ3) is 5.22. The molecule has 158 valence electrons. The molecule has 0 saturated carbocycles. The van der Waals surface area contributed by atoms with Gasteiger partial charge in [0.15, 0.2) is 11.5 Å². The zero-order chi connectivity index (χ0) is 21.9. The van der Waals surface area contributed by atoms with Gasteiger partial charge < -0.3 is 10.1 Å². The zero-order valence-electron chi connectivity index (χ0n) is 16.3. The summed E-state index contributed by atoms with van der Waals surface area (Å²) in [6.07, 6.45) is -4.74. The summed E-state index contributed by atoms with van der Waals surface area (Å²) in [6.45, 7) is 6.06. The summed E-state index contributed by atoms with van der Waals surface area (Å²) in [5, 5.41) is 6.19. The maximum absolute atomic E-state index is 12.7. The van der Waals surface area contributed by atoms with E-state index in [-0.39, 0.29) is 41.6 Å². The Kier molecular flexibility index (Phi) is 6.83. The molecule has 0 aliphatic heterocycles. The number of hydrogen-bond donors (Lipinski definition) is 1. The molecule has 0 atom stereocenters. The summed E-state index contributed by atoms with van der Waals surface area (Å²) < 4.78 is 44.3. The van der Waals surface area contributed by atoms with Crippen molar-refractivity contribution in [2.24, 2.45) is 0 Å². The first-order valence-corrected chi connectivity index (χ1v) is 9.50. The molecule has 29 heavy (non-hydrogen) atoms. The number of ketones is 1. The Morgan fingerprint density at radius 2 is 1.93 bits per heavy atom. The average Bonchev–Trinajstić information content (AvgIpc) is 3.13. The van der Waals surface area contributed by atoms with Gasteiger partial charge in [-0.15, -0.1) is 11.3 Å². The van der Waals surface area contributed by atoms with Crippen LogP contribution in [0.25, 0.3) is 0 Å². The highest BCUT2D eigenvalue weighted by atomic mass is 32.1. The molecular weight excluding hydrogens is 411 g/mol. The van der Waals surface area contributed by atoms with Gasteiger partial charge in [0.1, 0.15) is 5.00 Å². The first-order chi connectivity index (χ1) is 13.5. The Morgan fingerprint density at radius 3 is 2.45 bits per heavy atom. The average molecular weight is 431 g/mol. The molecule has 1 amide bonds. The summed E-state index contributed by atoms with van der Waals surface area (Å²) in [6, 6.07) is 0.901. The van der Waals surface area contributed by atoms with Gasteiger partial charge in [0.25, 0.3) is 0 Å². The number of nitrogens with zero attached hydrogens (tertiary/aromatic N) is 2. The number of rotatable bonds is 7. The standard InChI is InChI=1S/C18H20F3N3O4S/c1-5-28-17(27)14-10(3)15(11(4)25)29-16(14)22-13(26)6-7-24-9(2)8-12(23-24)18(19,20)21/h8H,5-7H2,1-4H3,(H,22,26). The Hall–Kier alpha value is -2.69. The second-order valence-corrected chi connectivity index (χ2v) is 7.25. The number of anilines is 1. The van der Waals surface area contributed by atoms with E-state index in [1.54, 1.807) is 13.8 Å². The van der Waals surface area contributed by atoms with Gasteiger partial charge in [-0.1, -0.05) is 0 Å². The van der Waals surface area contributed by atoms with Crippen molar-refractivity contribution in [2.45, 2.75) is 46.8 Å². The van der Waals surface area contributed by atoms with Crippen molar-refractivity contribution < 1.29 is 32.3 Å². The number of Topliss-reactive ketones (excluding diaryl/α,β-unsaturated/α-hetero) is 1. The minimum atomic E-state index is -4.57. The van der Waals surface area contributed by atoms with Crippen molar-refractivity contribution in [3.8, 4) is 0 Å². The minimum Gasteiger partial charge on any atom is -0.462 e. The molecule has 0 fully saturated rings. The number of ether oxygens (including phenoxy) is 1. The molecule has 0 spiro atoms. The number of amides is 1. The predicted octanol–water partition coefficient (Wildman–Crippen LogP) is 3.99. The van der Waals surface area contributed by atoms with Gasteiger partial charge in [-0.25, -0.2) is 4.79 Å². The number of thiophene rings is 1. The number of aryl methyl sites for hydroxylation is 2. The van der Waals surface area contributed by atoms with Crippen LogP contribution in [0.3, 0.4) is 0 Å². The van der Waals surface area contributed by atoms with E-state index >= 15 is 0 Å². The summed E-state index contributed by atoms with van der Waals surface area (Å²) >= 11 is 0.956. The zero-order valence-corrected chi connectivity index (χ0v) is 17.1. The lowest BCUT2D eigenvalue weighted by Gasteiger charge is -2.08. The van der Waals surface area contributed by atoms with Crippen LogP contribution >= 0.6 is 11.3 Å². The van der Waals surface area contributed by atoms with Gasteiger partial charge >= 0.3 is 12.1 Å². The van der Waals surface area contributed by atoms with Crippen LogP contribution in [0.2, 0.25) is 0 Å². The van der Waals surface area contributed by atoms with Gasteiger partial charge in [0, 0.05) is 18.7 Å². The molecule has 0 bridgehead atoms. The topological polar surface area (TPSA) is 90.3 Å². The largest absolute Gasteiger partial charge is 0.462 e. The van der Waals surface area contributed by atoms with Crippen molar-refractivity contribution >= 4 is 34.0 Å². The molecule has 2 aromatic heterocycles. The molecule has 2 rings (SSSR count). The van der Waals surface area contributed by atoms with Crippen molar-refractivity contribution in [2.75, 3.05) is 11.9 Å². The highest BCUT2D eigenvalue weighted by Gasteiger charge is 2.34. The fourth-order valence-electron chi connectivity index (χ4n) is 2.66. The van der Waals surface area contributed by atoms with Gasteiger partial charge in [0.05, 0.1) is 17.0 Å². The van der Waals surface area contributed by atoms with E-state index in [0.717, 1.165) is 22.1 Å². The van der Waals surface area contributed by atoms with E-state index in [1.165, 1.54) is 13.8 Å². The maximum Gasteiger partial charge on any atom is 0.435 e. The molecule has 0 saturated heterocycles. The first kappa shape index (κ1) is 22.6. The molecule has 0 aliphatic carbocycles. The lowest BCUT2D eigenvalue weighted by atomic mass is 10.1. The third-order valence-electron chi connectivity index (χ3n) is 4.02. The summed E-state index contributed by atoms with van der Waals surface area (Å²) in [4.78, 5) is 36.6. The summed E-state index contributed by atoms with van der Waals surface area (Å²) in [5.41, 5.74) is -0.248. The number of aromatic nitrogens is 2. The predicted molar refractivity (Wildman–Crippen MR) is 100 cm³/mol. The molecule has 7 nitrogen and oxygen atoms in total. The number of hydrogen-bond acceptors (Lipinski definition) is 6. The number of esters is 1. The van der Waals surface area contributed by atoms with E-state index in [0.29, 0.717) is 10.4 Å². The molecule has 2 aromatic rings. The van der Waals surface area contributed by atoms with Crippen LogP contribution in [-0.4, -0.2) is 34.0 Å².